The van der Waals surface area contributed by atoms with Gasteiger partial charge in [-0.15, -0.1) is 0 Å². The Kier molecular flexibility index (Phi) is 6.52. The van der Waals surface area contributed by atoms with Crippen molar-refractivity contribution in [2.24, 2.45) is 5.92 Å². The van der Waals surface area contributed by atoms with Crippen molar-refractivity contribution in [1.82, 2.24) is 10.6 Å². The fourth-order valence-corrected chi connectivity index (χ4v) is 2.19. The maximum absolute atomic E-state index is 11.9. The minimum atomic E-state index is -0.169. The molecule has 0 fully saturated rings. The molecule has 4 nitrogen and oxygen atoms in total. The van der Waals surface area contributed by atoms with Crippen LogP contribution in [0.3, 0.4) is 0 Å². The van der Waals surface area contributed by atoms with Gasteiger partial charge in [0.15, 0.2) is 0 Å². The molecule has 2 N–H and O–H groups in total. The molecule has 0 radical (unpaired) electrons. The highest BCUT2D eigenvalue weighted by Gasteiger charge is 2.20. The van der Waals surface area contributed by atoms with Gasteiger partial charge in [-0.05, 0) is 37.0 Å². The zero-order valence-electron chi connectivity index (χ0n) is 13.1. The highest BCUT2D eigenvalue weighted by Crippen LogP contribution is 2.18. The summed E-state index contributed by atoms with van der Waals surface area (Å²) < 4.78 is 5.15. The number of benzene rings is 1. The van der Waals surface area contributed by atoms with Crippen LogP contribution in [0, 0.1) is 5.92 Å². The lowest BCUT2D eigenvalue weighted by molar-refractivity contribution is -0.123. The molecule has 0 bridgehead atoms. The Hall–Kier alpha value is -1.55. The van der Waals surface area contributed by atoms with Crippen LogP contribution in [0.1, 0.15) is 38.8 Å². The van der Waals surface area contributed by atoms with E-state index in [0.717, 1.165) is 17.7 Å². The maximum atomic E-state index is 11.9. The summed E-state index contributed by atoms with van der Waals surface area (Å²) in [6.07, 6.45) is 0.820. The summed E-state index contributed by atoms with van der Waals surface area (Å²) in [4.78, 5) is 11.9. The Bertz CT molecular complexity index is 415. The smallest absolute Gasteiger partial charge is 0.236 e. The largest absolute Gasteiger partial charge is 0.497 e. The second-order valence-corrected chi connectivity index (χ2v) is 5.46. The molecule has 1 aromatic rings. The van der Waals surface area contributed by atoms with Gasteiger partial charge in [-0.1, -0.05) is 26.0 Å². The monoisotopic (exact) mass is 278 g/mol. The molecule has 0 aliphatic carbocycles. The summed E-state index contributed by atoms with van der Waals surface area (Å²) >= 11 is 0. The van der Waals surface area contributed by atoms with E-state index in [4.69, 9.17) is 4.74 Å². The van der Waals surface area contributed by atoms with Crippen LogP contribution in [0.5, 0.6) is 5.75 Å². The van der Waals surface area contributed by atoms with E-state index in [1.807, 2.05) is 24.3 Å². The fourth-order valence-electron chi connectivity index (χ4n) is 2.19. The van der Waals surface area contributed by atoms with Gasteiger partial charge in [0.25, 0.3) is 0 Å². The Morgan fingerprint density at radius 3 is 2.25 bits per heavy atom. The zero-order chi connectivity index (χ0) is 15.1. The normalized spacial score (nSPS) is 13.9. The molecule has 2 atom stereocenters. The number of carbonyl (C=O) groups excluding carboxylic acids is 1. The van der Waals surface area contributed by atoms with Gasteiger partial charge in [0.05, 0.1) is 13.2 Å². The Balaban J connectivity index is 2.73. The van der Waals surface area contributed by atoms with Crippen LogP contribution in [0.15, 0.2) is 24.3 Å². The highest BCUT2D eigenvalue weighted by molar-refractivity contribution is 5.81. The topological polar surface area (TPSA) is 50.4 Å². The van der Waals surface area contributed by atoms with Gasteiger partial charge in [-0.2, -0.15) is 0 Å². The van der Waals surface area contributed by atoms with Crippen molar-refractivity contribution in [1.29, 1.82) is 0 Å². The highest BCUT2D eigenvalue weighted by atomic mass is 16.5. The molecule has 0 saturated heterocycles. The average molecular weight is 278 g/mol. The van der Waals surface area contributed by atoms with Gasteiger partial charge in [-0.25, -0.2) is 0 Å². The molecule has 0 heterocycles. The molecule has 4 heteroatoms. The summed E-state index contributed by atoms with van der Waals surface area (Å²) in [5.41, 5.74) is 1.14. The molecule has 1 rings (SSSR count). The van der Waals surface area contributed by atoms with Gasteiger partial charge >= 0.3 is 0 Å². The summed E-state index contributed by atoms with van der Waals surface area (Å²) in [5.74, 6) is 1.35. The third-order valence-corrected chi connectivity index (χ3v) is 3.34. The van der Waals surface area contributed by atoms with Crippen LogP contribution < -0.4 is 15.4 Å². The number of methoxy groups -OCH3 is 1. The fraction of sp³-hybridized carbons (Fsp3) is 0.562. The van der Waals surface area contributed by atoms with Gasteiger partial charge in [0.2, 0.25) is 5.91 Å². The van der Waals surface area contributed by atoms with Crippen LogP contribution in [0.25, 0.3) is 0 Å². The van der Waals surface area contributed by atoms with Crippen LogP contribution in [0.4, 0.5) is 0 Å². The van der Waals surface area contributed by atoms with Gasteiger partial charge in [0.1, 0.15) is 5.75 Å². The minimum absolute atomic E-state index is 0.0408. The number of nitrogens with one attached hydrogen (secondary N) is 2. The van der Waals surface area contributed by atoms with Crippen molar-refractivity contribution < 1.29 is 9.53 Å². The first kappa shape index (κ1) is 16.5. The Morgan fingerprint density at radius 2 is 1.80 bits per heavy atom. The number of hydrogen-bond donors (Lipinski definition) is 2. The first-order valence-electron chi connectivity index (χ1n) is 7.09. The van der Waals surface area contributed by atoms with Crippen LogP contribution in [0.2, 0.25) is 0 Å². The van der Waals surface area contributed by atoms with Gasteiger partial charge in [-0.3, -0.25) is 10.1 Å². The second kappa shape index (κ2) is 7.90. The zero-order valence-corrected chi connectivity index (χ0v) is 13.1. The van der Waals surface area contributed by atoms with E-state index in [1.165, 1.54) is 0 Å². The van der Waals surface area contributed by atoms with Gasteiger partial charge < -0.3 is 10.1 Å². The van der Waals surface area contributed by atoms with Crippen molar-refractivity contribution in [3.05, 3.63) is 29.8 Å². The van der Waals surface area contributed by atoms with Crippen molar-refractivity contribution in [3.8, 4) is 5.75 Å². The first-order valence-corrected chi connectivity index (χ1v) is 7.09. The van der Waals surface area contributed by atoms with Crippen molar-refractivity contribution >= 4 is 5.91 Å². The number of ether oxygens (including phenoxy) is 1. The Labute approximate surface area is 121 Å². The number of rotatable bonds is 7. The summed E-state index contributed by atoms with van der Waals surface area (Å²) in [6.45, 7) is 6.31. The molecule has 0 aliphatic rings. The first-order chi connectivity index (χ1) is 9.47. The van der Waals surface area contributed by atoms with Gasteiger partial charge in [0, 0.05) is 13.1 Å². The second-order valence-electron chi connectivity index (χ2n) is 5.46. The summed E-state index contributed by atoms with van der Waals surface area (Å²) in [6, 6.07) is 7.86. The van der Waals surface area contributed by atoms with Crippen molar-refractivity contribution in [2.75, 3.05) is 14.2 Å². The van der Waals surface area contributed by atoms with Crippen LogP contribution in [-0.4, -0.2) is 26.1 Å². The van der Waals surface area contributed by atoms with E-state index in [1.54, 1.807) is 14.2 Å². The lowest BCUT2D eigenvalue weighted by Crippen LogP contribution is -2.44. The van der Waals surface area contributed by atoms with E-state index < -0.39 is 0 Å². The SMILES string of the molecule is CNC(=O)C(CC(C)C)NC(C)c1ccc(OC)cc1. The molecule has 0 aromatic heterocycles. The maximum Gasteiger partial charge on any atom is 0.236 e. The Morgan fingerprint density at radius 1 is 1.20 bits per heavy atom. The summed E-state index contributed by atoms with van der Waals surface area (Å²) in [5, 5.41) is 6.12. The van der Waals surface area contributed by atoms with Crippen molar-refractivity contribution in [2.45, 2.75) is 39.3 Å². The molecular weight excluding hydrogens is 252 g/mol. The molecule has 112 valence electrons. The lowest BCUT2D eigenvalue weighted by atomic mass is 10.0. The van der Waals surface area contributed by atoms with E-state index in [9.17, 15) is 4.79 Å². The van der Waals surface area contributed by atoms with Crippen LogP contribution in [-0.2, 0) is 4.79 Å². The molecule has 0 saturated carbocycles. The number of amides is 1. The molecular formula is C16H26N2O2. The predicted octanol–water partition coefficient (Wildman–Crippen LogP) is 2.51. The summed E-state index contributed by atoms with van der Waals surface area (Å²) in [7, 11) is 3.33. The molecule has 1 aromatic carbocycles. The molecule has 0 spiro atoms. The molecule has 2 unspecified atom stereocenters. The minimum Gasteiger partial charge on any atom is -0.497 e. The van der Waals surface area contributed by atoms with Crippen LogP contribution >= 0.6 is 0 Å². The number of carbonyl (C=O) groups is 1. The van der Waals surface area contributed by atoms with Crippen molar-refractivity contribution in [3.63, 3.8) is 0 Å². The van der Waals surface area contributed by atoms with E-state index in [0.29, 0.717) is 5.92 Å². The van der Waals surface area contributed by atoms with E-state index in [2.05, 4.69) is 31.4 Å². The third-order valence-electron chi connectivity index (χ3n) is 3.34. The molecule has 20 heavy (non-hydrogen) atoms. The quantitative estimate of drug-likeness (QED) is 0.805. The molecule has 1 amide bonds. The predicted molar refractivity (Wildman–Crippen MR) is 81.9 cm³/mol. The van der Waals surface area contributed by atoms with E-state index in [-0.39, 0.29) is 18.0 Å². The number of hydrogen-bond acceptors (Lipinski definition) is 3. The number of likely N-dealkylation sites (N-methyl/N-ethyl adjacent to an activating group) is 1. The molecule has 0 aliphatic heterocycles. The standard InChI is InChI=1S/C16H26N2O2/c1-11(2)10-15(16(19)17-4)18-12(3)13-6-8-14(20-5)9-7-13/h6-9,11-12,15,18H,10H2,1-5H3,(H,17,19). The average Bonchev–Trinajstić information content (AvgIpc) is 2.45. The lowest BCUT2D eigenvalue weighted by Gasteiger charge is -2.24. The van der Waals surface area contributed by atoms with E-state index >= 15 is 0 Å². The third kappa shape index (κ3) is 4.85.